The standard InChI is InChI=1S/C29H40N4O3/c1-19-9-13-24(14-10-19)33-27(34)21-11-15-23(16-12-21)31-18-25-20(2)7-6-8-22(26(25)30)17-32-28(35)36-29(3,4)5/h7-10,13-14,21,23,31H,11-12,15-18,30H2,1-5H3,(H,32,35)(H,33,34). The maximum atomic E-state index is 12.7. The maximum Gasteiger partial charge on any atom is 0.407 e. The lowest BCUT2D eigenvalue weighted by atomic mass is 9.85. The highest BCUT2D eigenvalue weighted by molar-refractivity contribution is 5.92. The first kappa shape index (κ1) is 27.3. The Bertz CT molecular complexity index is 1080. The molecule has 0 aliphatic heterocycles. The third-order valence-electron chi connectivity index (χ3n) is 6.51. The molecule has 2 aliphatic carbocycles. The van der Waals surface area contributed by atoms with Crippen LogP contribution in [0.1, 0.15) is 58.9 Å². The summed E-state index contributed by atoms with van der Waals surface area (Å²) in [5.41, 5.74) is 14.6. The molecule has 0 unspecified atom stereocenters. The van der Waals surface area contributed by atoms with E-state index >= 15 is 0 Å². The number of amides is 2. The lowest BCUT2D eigenvalue weighted by Crippen LogP contribution is -2.38. The molecule has 1 fully saturated rings. The van der Waals surface area contributed by atoms with Crippen LogP contribution in [0.3, 0.4) is 0 Å². The minimum atomic E-state index is -0.560. The van der Waals surface area contributed by atoms with Gasteiger partial charge < -0.3 is 26.4 Å². The second-order valence-corrected chi connectivity index (χ2v) is 10.7. The highest BCUT2D eigenvalue weighted by Crippen LogP contribution is 2.27. The quantitative estimate of drug-likeness (QED) is 0.407. The second-order valence-electron chi connectivity index (χ2n) is 10.7. The number of benzene rings is 1. The zero-order valence-electron chi connectivity index (χ0n) is 22.2. The smallest absolute Gasteiger partial charge is 0.407 e. The van der Waals surface area contributed by atoms with Gasteiger partial charge in [-0.3, -0.25) is 4.79 Å². The van der Waals surface area contributed by atoms with Crippen LogP contribution in [0.2, 0.25) is 0 Å². The molecule has 0 spiro atoms. The summed E-state index contributed by atoms with van der Waals surface area (Å²) in [6.07, 6.45) is 6.81. The Hall–Kier alpha value is -3.28. The van der Waals surface area contributed by atoms with E-state index in [1.807, 2.05) is 65.0 Å². The number of hydrogen-bond donors (Lipinski definition) is 4. The molecule has 0 saturated heterocycles. The van der Waals surface area contributed by atoms with Crippen molar-refractivity contribution in [2.24, 2.45) is 11.7 Å². The van der Waals surface area contributed by atoms with Gasteiger partial charge >= 0.3 is 6.09 Å². The molecule has 7 nitrogen and oxygen atoms in total. The molecule has 194 valence electrons. The Balaban J connectivity index is 1.51. The average molecular weight is 493 g/mol. The first-order valence-corrected chi connectivity index (χ1v) is 12.7. The number of ether oxygens (including phenoxy) is 1. The summed E-state index contributed by atoms with van der Waals surface area (Å²) in [5.74, 6) is 0.135. The Labute approximate surface area is 214 Å². The van der Waals surface area contributed by atoms with Crippen molar-refractivity contribution in [3.63, 3.8) is 0 Å². The lowest BCUT2D eigenvalue weighted by molar-refractivity contribution is -0.120. The molecular formula is C29H40N4O3. The number of hydrogen-bond acceptors (Lipinski definition) is 5. The monoisotopic (exact) mass is 492 g/mol. The number of rotatable bonds is 7. The van der Waals surface area contributed by atoms with Gasteiger partial charge in [-0.15, -0.1) is 5.73 Å². The Morgan fingerprint density at radius 2 is 1.69 bits per heavy atom. The van der Waals surface area contributed by atoms with Crippen molar-refractivity contribution < 1.29 is 14.3 Å². The van der Waals surface area contributed by atoms with E-state index in [-0.39, 0.29) is 18.4 Å². The van der Waals surface area contributed by atoms with Gasteiger partial charge in [-0.2, -0.15) is 0 Å². The summed E-state index contributed by atoms with van der Waals surface area (Å²) >= 11 is 0. The molecule has 1 aromatic carbocycles. The van der Waals surface area contributed by atoms with E-state index < -0.39 is 11.7 Å². The van der Waals surface area contributed by atoms with Gasteiger partial charge in [0, 0.05) is 42.0 Å². The number of carbonyl (C=O) groups excluding carboxylic acids is 2. The van der Waals surface area contributed by atoms with Gasteiger partial charge in [0.25, 0.3) is 0 Å². The van der Waals surface area contributed by atoms with Crippen LogP contribution in [-0.4, -0.2) is 36.7 Å². The van der Waals surface area contributed by atoms with Gasteiger partial charge in [-0.25, -0.2) is 4.79 Å². The van der Waals surface area contributed by atoms with Crippen LogP contribution in [0.4, 0.5) is 10.5 Å². The van der Waals surface area contributed by atoms with Crippen LogP contribution in [0.5, 0.6) is 0 Å². The first-order chi connectivity index (χ1) is 17.0. The third kappa shape index (κ3) is 8.14. The van der Waals surface area contributed by atoms with Gasteiger partial charge in [0.05, 0.1) is 0 Å². The molecular weight excluding hydrogens is 452 g/mol. The topological polar surface area (TPSA) is 105 Å². The summed E-state index contributed by atoms with van der Waals surface area (Å²) in [4.78, 5) is 24.8. The minimum absolute atomic E-state index is 0.0332. The van der Waals surface area contributed by atoms with E-state index in [0.29, 0.717) is 18.3 Å². The van der Waals surface area contributed by atoms with Crippen molar-refractivity contribution in [2.75, 3.05) is 18.4 Å². The predicted molar refractivity (Wildman–Crippen MR) is 144 cm³/mol. The SMILES string of the molecule is CC1=C(CNC2CCC(C(=O)Nc3ccc(C)cc3)CC2)C(N)=C(CNC(=O)OC(C)(C)C)C=C=C1. The first-order valence-electron chi connectivity index (χ1n) is 12.7. The number of allylic oxidation sites excluding steroid dienone is 1. The summed E-state index contributed by atoms with van der Waals surface area (Å²) in [5, 5.41) is 9.46. The second kappa shape index (κ2) is 12.1. The van der Waals surface area contributed by atoms with E-state index in [9.17, 15) is 9.59 Å². The van der Waals surface area contributed by atoms with Gasteiger partial charge in [0.15, 0.2) is 0 Å². The third-order valence-corrected chi connectivity index (χ3v) is 6.51. The molecule has 0 atom stereocenters. The molecule has 0 aromatic heterocycles. The molecule has 2 aliphatic rings. The number of nitrogens with one attached hydrogen (secondary N) is 3. The molecule has 7 heteroatoms. The van der Waals surface area contributed by atoms with Crippen LogP contribution in [0.15, 0.2) is 64.6 Å². The van der Waals surface area contributed by atoms with Crippen LogP contribution in [-0.2, 0) is 9.53 Å². The van der Waals surface area contributed by atoms with Crippen molar-refractivity contribution in [3.8, 4) is 0 Å². The van der Waals surface area contributed by atoms with Crippen molar-refractivity contribution in [2.45, 2.75) is 71.9 Å². The fraction of sp³-hybridized carbons (Fsp3) is 0.483. The van der Waals surface area contributed by atoms with Crippen molar-refractivity contribution in [1.82, 2.24) is 10.6 Å². The molecule has 1 aromatic rings. The lowest BCUT2D eigenvalue weighted by Gasteiger charge is -2.29. The van der Waals surface area contributed by atoms with E-state index in [4.69, 9.17) is 10.5 Å². The van der Waals surface area contributed by atoms with Crippen LogP contribution in [0, 0.1) is 12.8 Å². The van der Waals surface area contributed by atoms with Crippen LogP contribution in [0.25, 0.3) is 0 Å². The number of carbonyl (C=O) groups is 2. The van der Waals surface area contributed by atoms with Gasteiger partial charge in [0.2, 0.25) is 5.91 Å². The van der Waals surface area contributed by atoms with E-state index in [1.165, 1.54) is 5.56 Å². The Morgan fingerprint density at radius 1 is 1.03 bits per heavy atom. The van der Waals surface area contributed by atoms with Gasteiger partial charge in [0.1, 0.15) is 5.60 Å². The van der Waals surface area contributed by atoms with Crippen molar-refractivity contribution >= 4 is 17.7 Å². The van der Waals surface area contributed by atoms with E-state index in [1.54, 1.807) is 6.08 Å². The molecule has 3 rings (SSSR count). The largest absolute Gasteiger partial charge is 0.444 e. The number of aryl methyl sites for hydroxylation is 1. The molecule has 0 radical (unpaired) electrons. The molecule has 2 amide bonds. The number of alkyl carbamates (subject to hydrolysis) is 1. The van der Waals surface area contributed by atoms with Crippen molar-refractivity contribution in [3.05, 3.63) is 70.1 Å². The zero-order chi connectivity index (χ0) is 26.3. The summed E-state index contributed by atoms with van der Waals surface area (Å²) < 4.78 is 5.32. The highest BCUT2D eigenvalue weighted by atomic mass is 16.6. The highest BCUT2D eigenvalue weighted by Gasteiger charge is 2.26. The van der Waals surface area contributed by atoms with Crippen LogP contribution < -0.4 is 21.7 Å². The molecule has 5 N–H and O–H groups in total. The van der Waals surface area contributed by atoms with E-state index in [0.717, 1.165) is 48.1 Å². The minimum Gasteiger partial charge on any atom is -0.444 e. The normalized spacial score (nSPS) is 20.2. The van der Waals surface area contributed by atoms with Gasteiger partial charge in [-0.05, 0) is 95.7 Å². The number of anilines is 1. The Morgan fingerprint density at radius 3 is 2.33 bits per heavy atom. The van der Waals surface area contributed by atoms with E-state index in [2.05, 4.69) is 21.7 Å². The zero-order valence-corrected chi connectivity index (χ0v) is 22.2. The predicted octanol–water partition coefficient (Wildman–Crippen LogP) is 4.86. The fourth-order valence-corrected chi connectivity index (χ4v) is 4.39. The maximum absolute atomic E-state index is 12.7. The van der Waals surface area contributed by atoms with Crippen molar-refractivity contribution in [1.29, 1.82) is 0 Å². The van der Waals surface area contributed by atoms with Gasteiger partial charge in [-0.1, -0.05) is 17.7 Å². The Kier molecular flexibility index (Phi) is 9.19. The van der Waals surface area contributed by atoms with Crippen LogP contribution >= 0.6 is 0 Å². The molecule has 0 bridgehead atoms. The summed E-state index contributed by atoms with van der Waals surface area (Å²) in [7, 11) is 0. The summed E-state index contributed by atoms with van der Waals surface area (Å²) in [6.45, 7) is 10.4. The molecule has 36 heavy (non-hydrogen) atoms. The average Bonchev–Trinajstić information content (AvgIpc) is 2.94. The molecule has 1 saturated carbocycles. The summed E-state index contributed by atoms with van der Waals surface area (Å²) in [6, 6.07) is 8.23. The molecule has 0 heterocycles. The number of nitrogens with two attached hydrogens (primary N) is 1. The fourth-order valence-electron chi connectivity index (χ4n) is 4.39.